The second kappa shape index (κ2) is 9.64. The zero-order chi connectivity index (χ0) is 26.1. The molecule has 186 valence electrons. The van der Waals surface area contributed by atoms with Crippen LogP contribution in [0.5, 0.6) is 0 Å². The molecule has 0 spiro atoms. The van der Waals surface area contributed by atoms with Gasteiger partial charge in [-0.05, 0) is 53.6 Å². The molecule has 3 aromatic carbocycles. The Morgan fingerprint density at radius 3 is 2.44 bits per heavy atom. The summed E-state index contributed by atoms with van der Waals surface area (Å²) in [6.45, 7) is -0.192. The summed E-state index contributed by atoms with van der Waals surface area (Å²) in [5.41, 5.74) is 0.547. The van der Waals surface area contributed by atoms with Crippen molar-refractivity contribution in [3.63, 3.8) is 0 Å². The number of alkyl halides is 3. The Hall–Kier alpha value is -3.88. The quantitative estimate of drug-likeness (QED) is 0.482. The lowest BCUT2D eigenvalue weighted by Gasteiger charge is -2.37. The summed E-state index contributed by atoms with van der Waals surface area (Å²) < 4.78 is 73.1. The molecule has 36 heavy (non-hydrogen) atoms. The molecule has 1 heterocycles. The van der Waals surface area contributed by atoms with Crippen LogP contribution in [0.1, 0.15) is 21.5 Å². The van der Waals surface area contributed by atoms with E-state index in [4.69, 9.17) is 4.74 Å². The van der Waals surface area contributed by atoms with Crippen molar-refractivity contribution in [3.8, 4) is 17.2 Å². The van der Waals surface area contributed by atoms with Gasteiger partial charge in [-0.2, -0.15) is 18.4 Å². The van der Waals surface area contributed by atoms with E-state index in [9.17, 15) is 31.6 Å². The Balaban J connectivity index is 1.87. The van der Waals surface area contributed by atoms with Crippen molar-refractivity contribution in [2.24, 2.45) is 0 Å². The molecule has 0 bridgehead atoms. The number of carbonyl (C=O) groups excluding carboxylic acids is 1. The average Bonchev–Trinajstić information content (AvgIpc) is 2.87. The van der Waals surface area contributed by atoms with Crippen LogP contribution in [0.4, 0.5) is 18.9 Å². The van der Waals surface area contributed by atoms with Gasteiger partial charge in [-0.25, -0.2) is 12.7 Å². The second-order valence-corrected chi connectivity index (χ2v) is 9.87. The Labute approximate surface area is 206 Å². The number of methoxy groups -OCH3 is 1. The first-order valence-corrected chi connectivity index (χ1v) is 12.1. The van der Waals surface area contributed by atoms with E-state index in [-0.39, 0.29) is 24.4 Å². The number of sulfonamides is 1. The molecule has 11 heteroatoms. The highest BCUT2D eigenvalue weighted by atomic mass is 32.2. The van der Waals surface area contributed by atoms with Crippen LogP contribution in [0.15, 0.2) is 71.6 Å². The Morgan fingerprint density at radius 1 is 1.03 bits per heavy atom. The molecule has 0 fully saturated rings. The van der Waals surface area contributed by atoms with Crippen LogP contribution in [0, 0.1) is 11.3 Å². The van der Waals surface area contributed by atoms with Crippen LogP contribution < -0.4 is 4.31 Å². The SMILES string of the molecule is COCCN1CN(S(=O)(=O)c2cccc(C(F)(F)F)c2)c2cc(-c3cccc(C#N)c3)ccc2C1=O. The molecule has 0 aromatic heterocycles. The molecule has 1 aliphatic rings. The minimum absolute atomic E-state index is 0.0333. The van der Waals surface area contributed by atoms with Crippen molar-refractivity contribution in [1.82, 2.24) is 4.90 Å². The lowest BCUT2D eigenvalue weighted by Crippen LogP contribution is -2.50. The monoisotopic (exact) mass is 515 g/mol. The zero-order valence-electron chi connectivity index (χ0n) is 19.0. The lowest BCUT2D eigenvalue weighted by atomic mass is 9.99. The number of nitrogens with zero attached hydrogens (tertiary/aromatic N) is 3. The molecular weight excluding hydrogens is 495 g/mol. The third kappa shape index (κ3) is 4.78. The number of amides is 1. The molecule has 1 aliphatic heterocycles. The lowest BCUT2D eigenvalue weighted by molar-refractivity contribution is -0.137. The number of carbonyl (C=O) groups is 1. The second-order valence-electron chi connectivity index (χ2n) is 8.01. The Morgan fingerprint density at radius 2 is 1.75 bits per heavy atom. The van der Waals surface area contributed by atoms with E-state index in [1.807, 2.05) is 6.07 Å². The van der Waals surface area contributed by atoms with E-state index in [0.29, 0.717) is 22.8 Å². The van der Waals surface area contributed by atoms with E-state index < -0.39 is 39.2 Å². The van der Waals surface area contributed by atoms with Crippen LogP contribution in [0.2, 0.25) is 0 Å². The van der Waals surface area contributed by atoms with Gasteiger partial charge in [0.25, 0.3) is 15.9 Å². The van der Waals surface area contributed by atoms with E-state index in [0.717, 1.165) is 22.5 Å². The number of anilines is 1. The van der Waals surface area contributed by atoms with Crippen molar-refractivity contribution in [3.05, 3.63) is 83.4 Å². The minimum atomic E-state index is -4.73. The predicted octanol–water partition coefficient (Wildman–Crippen LogP) is 4.50. The molecule has 0 unspecified atom stereocenters. The highest BCUT2D eigenvalue weighted by molar-refractivity contribution is 7.92. The number of hydrogen-bond acceptors (Lipinski definition) is 5. The molecule has 4 rings (SSSR count). The number of benzene rings is 3. The van der Waals surface area contributed by atoms with Gasteiger partial charge >= 0.3 is 6.18 Å². The number of ether oxygens (including phenoxy) is 1. The fourth-order valence-electron chi connectivity index (χ4n) is 3.87. The maximum absolute atomic E-state index is 13.6. The highest BCUT2D eigenvalue weighted by Gasteiger charge is 2.38. The summed E-state index contributed by atoms with van der Waals surface area (Å²) in [6.07, 6.45) is -4.73. The normalized spacial score (nSPS) is 13.9. The van der Waals surface area contributed by atoms with Crippen LogP contribution in [0.25, 0.3) is 11.1 Å². The maximum Gasteiger partial charge on any atom is 0.416 e. The fourth-order valence-corrected chi connectivity index (χ4v) is 5.35. The highest BCUT2D eigenvalue weighted by Crippen LogP contribution is 2.37. The van der Waals surface area contributed by atoms with Crippen molar-refractivity contribution >= 4 is 21.6 Å². The minimum Gasteiger partial charge on any atom is -0.383 e. The number of halogens is 3. The summed E-state index contributed by atoms with van der Waals surface area (Å²) in [7, 11) is -3.07. The summed E-state index contributed by atoms with van der Waals surface area (Å²) >= 11 is 0. The van der Waals surface area contributed by atoms with Gasteiger partial charge in [0, 0.05) is 13.7 Å². The number of rotatable bonds is 6. The molecule has 7 nitrogen and oxygen atoms in total. The summed E-state index contributed by atoms with van der Waals surface area (Å²) in [4.78, 5) is 13.8. The zero-order valence-corrected chi connectivity index (χ0v) is 19.8. The molecule has 0 saturated carbocycles. The van der Waals surface area contributed by atoms with Gasteiger partial charge in [-0.1, -0.05) is 24.3 Å². The van der Waals surface area contributed by atoms with Crippen molar-refractivity contribution in [2.75, 3.05) is 31.2 Å². The summed E-state index contributed by atoms with van der Waals surface area (Å²) in [5, 5.41) is 9.21. The first-order valence-electron chi connectivity index (χ1n) is 10.7. The van der Waals surface area contributed by atoms with Gasteiger partial charge in [-0.3, -0.25) is 4.79 Å². The molecule has 0 radical (unpaired) electrons. The fraction of sp³-hybridized carbons (Fsp3) is 0.200. The van der Waals surface area contributed by atoms with Crippen molar-refractivity contribution < 1.29 is 31.1 Å². The molecular formula is C25H20F3N3O4S. The van der Waals surface area contributed by atoms with Crippen LogP contribution in [-0.4, -0.2) is 46.2 Å². The van der Waals surface area contributed by atoms with Crippen LogP contribution in [0.3, 0.4) is 0 Å². The third-order valence-electron chi connectivity index (χ3n) is 5.72. The smallest absolute Gasteiger partial charge is 0.383 e. The van der Waals surface area contributed by atoms with Gasteiger partial charge in [-0.15, -0.1) is 0 Å². The maximum atomic E-state index is 13.6. The van der Waals surface area contributed by atoms with Crippen LogP contribution in [-0.2, 0) is 20.9 Å². The largest absolute Gasteiger partial charge is 0.416 e. The summed E-state index contributed by atoms with van der Waals surface area (Å²) in [6, 6.07) is 16.7. The molecule has 0 N–H and O–H groups in total. The van der Waals surface area contributed by atoms with Gasteiger partial charge in [0.1, 0.15) is 6.67 Å². The van der Waals surface area contributed by atoms with Crippen molar-refractivity contribution in [1.29, 1.82) is 5.26 Å². The van der Waals surface area contributed by atoms with Crippen molar-refractivity contribution in [2.45, 2.75) is 11.1 Å². The van der Waals surface area contributed by atoms with E-state index in [1.54, 1.807) is 30.3 Å². The average molecular weight is 516 g/mol. The number of nitriles is 1. The van der Waals surface area contributed by atoms with E-state index in [1.165, 1.54) is 24.1 Å². The first-order chi connectivity index (χ1) is 17.1. The topological polar surface area (TPSA) is 90.7 Å². The Bertz CT molecular complexity index is 1470. The Kier molecular flexibility index (Phi) is 6.75. The third-order valence-corrected chi connectivity index (χ3v) is 7.46. The molecule has 0 atom stereocenters. The van der Waals surface area contributed by atoms with E-state index in [2.05, 4.69) is 0 Å². The van der Waals surface area contributed by atoms with Gasteiger partial charge in [0.15, 0.2) is 0 Å². The van der Waals surface area contributed by atoms with Gasteiger partial charge in [0.2, 0.25) is 0 Å². The predicted molar refractivity (Wildman–Crippen MR) is 125 cm³/mol. The molecule has 0 aliphatic carbocycles. The summed E-state index contributed by atoms with van der Waals surface area (Å²) in [5.74, 6) is -0.435. The molecule has 1 amide bonds. The van der Waals surface area contributed by atoms with Gasteiger partial charge < -0.3 is 9.64 Å². The van der Waals surface area contributed by atoms with E-state index >= 15 is 0 Å². The number of hydrogen-bond donors (Lipinski definition) is 0. The molecule has 0 saturated heterocycles. The standard InChI is InChI=1S/C25H20F3N3O4S/c1-35-11-10-30-16-31(36(33,34)21-7-3-6-20(14-21)25(26,27)28)23-13-19(8-9-22(23)24(30)32)18-5-2-4-17(12-18)15-29/h2-9,12-14H,10-11,16H2,1H3. The first kappa shape index (κ1) is 25.2. The van der Waals surface area contributed by atoms with Crippen LogP contribution >= 0.6 is 0 Å². The van der Waals surface area contributed by atoms with Gasteiger partial charge in [0.05, 0.1) is 39.9 Å². The molecule has 3 aromatic rings. The number of fused-ring (bicyclic) bond motifs is 1.